The third-order valence-corrected chi connectivity index (χ3v) is 12.2. The van der Waals surface area contributed by atoms with Crippen molar-refractivity contribution in [1.82, 2.24) is 15.0 Å². The molecule has 0 saturated carbocycles. The molecule has 0 N–H and O–H groups in total. The molecule has 11 rings (SSSR count). The van der Waals surface area contributed by atoms with Gasteiger partial charge >= 0.3 is 0 Å². The van der Waals surface area contributed by atoms with Gasteiger partial charge in [0, 0.05) is 26.5 Å². The van der Waals surface area contributed by atoms with Gasteiger partial charge in [-0.2, -0.15) is 0 Å². The molecule has 0 bridgehead atoms. The van der Waals surface area contributed by atoms with E-state index in [4.69, 9.17) is 15.0 Å². The Morgan fingerprint density at radius 1 is 0.352 bits per heavy atom. The van der Waals surface area contributed by atoms with Crippen LogP contribution in [-0.4, -0.2) is 15.0 Å². The van der Waals surface area contributed by atoms with Crippen molar-refractivity contribution < 1.29 is 0 Å². The average Bonchev–Trinajstić information content (AvgIpc) is 3.54. The fourth-order valence-electron chi connectivity index (χ4n) is 8.56. The van der Waals surface area contributed by atoms with Gasteiger partial charge in [0.05, 0.1) is 5.41 Å². The largest absolute Gasteiger partial charge is 0.208 e. The van der Waals surface area contributed by atoms with Gasteiger partial charge in [-0.3, -0.25) is 0 Å². The lowest BCUT2D eigenvalue weighted by Gasteiger charge is -2.40. The highest BCUT2D eigenvalue weighted by Gasteiger charge is 2.50. The smallest absolute Gasteiger partial charge is 0.164 e. The summed E-state index contributed by atoms with van der Waals surface area (Å²) in [7, 11) is 0. The molecule has 0 atom stereocenters. The monoisotopic (exact) mass is 705 g/mol. The molecule has 1 spiro atoms. The van der Waals surface area contributed by atoms with E-state index in [0.29, 0.717) is 17.5 Å². The molecule has 54 heavy (non-hydrogen) atoms. The number of aromatic nitrogens is 3. The number of rotatable bonds is 4. The maximum atomic E-state index is 5.21. The lowest BCUT2D eigenvalue weighted by atomic mass is 9.67. The van der Waals surface area contributed by atoms with Crippen LogP contribution in [-0.2, 0) is 5.41 Å². The van der Waals surface area contributed by atoms with E-state index in [0.717, 1.165) is 22.3 Å². The van der Waals surface area contributed by atoms with Gasteiger partial charge in [0.2, 0.25) is 0 Å². The third-order valence-electron chi connectivity index (χ3n) is 11.0. The molecule has 9 aromatic rings. The predicted octanol–water partition coefficient (Wildman–Crippen LogP) is 12.5. The first-order valence-electron chi connectivity index (χ1n) is 18.3. The molecule has 1 aromatic heterocycles. The minimum atomic E-state index is -0.519. The van der Waals surface area contributed by atoms with Crippen molar-refractivity contribution in [3.8, 4) is 56.4 Å². The summed E-state index contributed by atoms with van der Waals surface area (Å²) in [6.45, 7) is 0. The van der Waals surface area contributed by atoms with E-state index >= 15 is 0 Å². The van der Waals surface area contributed by atoms with Gasteiger partial charge in [-0.15, -0.1) is 0 Å². The van der Waals surface area contributed by atoms with Gasteiger partial charge in [0.25, 0.3) is 0 Å². The second-order valence-corrected chi connectivity index (χ2v) is 15.0. The molecular weight excluding hydrogens is 675 g/mol. The highest BCUT2D eigenvalue weighted by molar-refractivity contribution is 7.99. The van der Waals surface area contributed by atoms with E-state index in [1.54, 1.807) is 0 Å². The van der Waals surface area contributed by atoms with Gasteiger partial charge in [0.15, 0.2) is 17.5 Å². The first-order chi connectivity index (χ1) is 26.8. The Balaban J connectivity index is 1.14. The van der Waals surface area contributed by atoms with Crippen LogP contribution in [0.4, 0.5) is 0 Å². The lowest BCUT2D eigenvalue weighted by Crippen LogP contribution is -2.32. The van der Waals surface area contributed by atoms with E-state index in [1.807, 2.05) is 36.0 Å². The maximum absolute atomic E-state index is 5.21. The summed E-state index contributed by atoms with van der Waals surface area (Å²) >= 11 is 1.87. The molecule has 0 unspecified atom stereocenters. The summed E-state index contributed by atoms with van der Waals surface area (Å²) < 4.78 is 0. The molecule has 1 aliphatic heterocycles. The molecular formula is C50H31N3S. The van der Waals surface area contributed by atoms with Crippen molar-refractivity contribution >= 4 is 22.5 Å². The first kappa shape index (κ1) is 31.0. The van der Waals surface area contributed by atoms with E-state index < -0.39 is 5.41 Å². The Kier molecular flexibility index (Phi) is 7.01. The first-order valence-corrected chi connectivity index (χ1v) is 19.1. The van der Waals surface area contributed by atoms with E-state index in [2.05, 4.69) is 164 Å². The Morgan fingerprint density at radius 3 is 1.54 bits per heavy atom. The fourth-order valence-corrected chi connectivity index (χ4v) is 9.87. The van der Waals surface area contributed by atoms with Crippen LogP contribution in [0.3, 0.4) is 0 Å². The predicted molar refractivity (Wildman–Crippen MR) is 221 cm³/mol. The molecule has 3 nitrogen and oxygen atoms in total. The van der Waals surface area contributed by atoms with Crippen molar-refractivity contribution in [2.75, 3.05) is 0 Å². The number of fused-ring (bicyclic) bond motifs is 11. The quantitative estimate of drug-likeness (QED) is 0.183. The number of nitrogens with zero attached hydrogens (tertiary/aromatic N) is 3. The third kappa shape index (κ3) is 4.67. The number of hydrogen-bond acceptors (Lipinski definition) is 4. The zero-order chi connectivity index (χ0) is 35.6. The zero-order valence-corrected chi connectivity index (χ0v) is 30.0. The number of benzene rings is 8. The average molecular weight is 706 g/mol. The minimum Gasteiger partial charge on any atom is -0.208 e. The minimum absolute atomic E-state index is 0.519. The highest BCUT2D eigenvalue weighted by Crippen LogP contribution is 2.63. The highest BCUT2D eigenvalue weighted by atomic mass is 32.2. The molecule has 2 heterocycles. The fraction of sp³-hybridized carbons (Fsp3) is 0.0200. The molecule has 1 aliphatic carbocycles. The lowest BCUT2D eigenvalue weighted by molar-refractivity contribution is 0.726. The summed E-state index contributed by atoms with van der Waals surface area (Å²) in [5, 5.41) is 2.53. The van der Waals surface area contributed by atoms with Crippen molar-refractivity contribution in [3.05, 3.63) is 210 Å². The van der Waals surface area contributed by atoms with Crippen molar-refractivity contribution in [3.63, 3.8) is 0 Å². The van der Waals surface area contributed by atoms with E-state index in [1.165, 1.54) is 59.5 Å². The van der Waals surface area contributed by atoms with Crippen molar-refractivity contribution in [2.24, 2.45) is 0 Å². The van der Waals surface area contributed by atoms with Gasteiger partial charge in [-0.25, -0.2) is 15.0 Å². The number of hydrogen-bond donors (Lipinski definition) is 0. The van der Waals surface area contributed by atoms with E-state index in [-0.39, 0.29) is 0 Å². The van der Waals surface area contributed by atoms with Gasteiger partial charge in [-0.05, 0) is 67.4 Å². The van der Waals surface area contributed by atoms with Crippen molar-refractivity contribution in [2.45, 2.75) is 15.2 Å². The topological polar surface area (TPSA) is 38.7 Å². The maximum Gasteiger partial charge on any atom is 0.164 e. The Morgan fingerprint density at radius 2 is 0.852 bits per heavy atom. The standard InChI is InChI=1S/C50H31N3S/c1-3-13-32(14-4-1)33-23-25-36(26-24-33)48-51-47(35-16-5-2-6-17-35)52-49(53-48)37-28-30-45-44(31-37)50(43-29-27-34-15-7-8-18-38(34)46(43)54-45)41-21-11-9-19-39(41)40-20-10-12-22-42(40)50/h1-31H. The second kappa shape index (κ2) is 12.2. The molecule has 0 saturated heterocycles. The molecule has 4 heteroatoms. The van der Waals surface area contributed by atoms with Crippen molar-refractivity contribution in [1.29, 1.82) is 0 Å². The van der Waals surface area contributed by atoms with Crippen LogP contribution in [0.5, 0.6) is 0 Å². The zero-order valence-electron chi connectivity index (χ0n) is 29.1. The molecule has 8 aromatic carbocycles. The summed E-state index contributed by atoms with van der Waals surface area (Å²) in [5.74, 6) is 1.95. The molecule has 0 fully saturated rings. The van der Waals surface area contributed by atoms with Crippen LogP contribution in [0, 0.1) is 0 Å². The van der Waals surface area contributed by atoms with E-state index in [9.17, 15) is 0 Å². The van der Waals surface area contributed by atoms with Crippen LogP contribution < -0.4 is 0 Å². The SMILES string of the molecule is c1ccc(-c2ccc(-c3nc(-c4ccccc4)nc(-c4ccc5c(c4)C4(c6ccccc6-c6ccccc64)c4ccc6ccccc6c4S5)n3)cc2)cc1. The van der Waals surface area contributed by atoms with Gasteiger partial charge in [0.1, 0.15) is 0 Å². The molecule has 252 valence electrons. The Labute approximate surface area is 318 Å². The Hall–Kier alpha value is -6.62. The van der Waals surface area contributed by atoms with Crippen LogP contribution in [0.25, 0.3) is 67.2 Å². The summed E-state index contributed by atoms with van der Waals surface area (Å²) in [6.07, 6.45) is 0. The molecule has 2 aliphatic rings. The summed E-state index contributed by atoms with van der Waals surface area (Å²) in [6, 6.07) is 67.3. The summed E-state index contributed by atoms with van der Waals surface area (Å²) in [4.78, 5) is 18.0. The van der Waals surface area contributed by atoms with Gasteiger partial charge in [-0.1, -0.05) is 188 Å². The Bertz CT molecular complexity index is 2860. The van der Waals surface area contributed by atoms with Crippen LogP contribution >= 0.6 is 11.8 Å². The van der Waals surface area contributed by atoms with Gasteiger partial charge < -0.3 is 0 Å². The normalized spacial score (nSPS) is 13.3. The van der Waals surface area contributed by atoms with Crippen LogP contribution in [0.2, 0.25) is 0 Å². The second-order valence-electron chi connectivity index (χ2n) is 13.9. The van der Waals surface area contributed by atoms with Crippen LogP contribution in [0.15, 0.2) is 198 Å². The van der Waals surface area contributed by atoms with Crippen LogP contribution in [0.1, 0.15) is 22.3 Å². The summed E-state index contributed by atoms with van der Waals surface area (Å²) in [5.41, 5.74) is 12.4. The molecule has 0 radical (unpaired) electrons. The molecule has 0 amide bonds.